The monoisotopic (exact) mass is 223 g/mol. The molecule has 1 aromatic rings. The largest absolute Gasteiger partial charge is 0.451 e. The van der Waals surface area contributed by atoms with Crippen molar-refractivity contribution in [1.29, 1.82) is 0 Å². The first kappa shape index (κ1) is 11.8. The highest BCUT2D eigenvalue weighted by Crippen LogP contribution is 2.26. The van der Waals surface area contributed by atoms with Crippen molar-refractivity contribution >= 4 is 0 Å². The summed E-state index contributed by atoms with van der Waals surface area (Å²) in [6, 6.07) is 0. The van der Waals surface area contributed by atoms with Gasteiger partial charge in [0.05, 0.1) is 0 Å². The predicted molar refractivity (Wildman–Crippen MR) is 47.4 cm³/mol. The molecule has 0 radical (unpaired) electrons. The van der Waals surface area contributed by atoms with Crippen LogP contribution < -0.4 is 5.69 Å². The molecular weight excluding hydrogens is 211 g/mol. The van der Waals surface area contributed by atoms with Crippen LogP contribution in [0.4, 0.5) is 13.2 Å². The van der Waals surface area contributed by atoms with Gasteiger partial charge in [-0.05, 0) is 6.42 Å². The molecule has 0 saturated carbocycles. The Kier molecular flexibility index (Phi) is 3.21. The van der Waals surface area contributed by atoms with Crippen LogP contribution in [0.15, 0.2) is 4.79 Å². The van der Waals surface area contributed by atoms with Crippen molar-refractivity contribution in [3.63, 3.8) is 0 Å². The van der Waals surface area contributed by atoms with Gasteiger partial charge in [-0.2, -0.15) is 13.2 Å². The van der Waals surface area contributed by atoms with Crippen LogP contribution in [-0.4, -0.2) is 14.3 Å². The molecule has 0 fully saturated rings. The van der Waals surface area contributed by atoms with E-state index >= 15 is 0 Å². The lowest BCUT2D eigenvalue weighted by molar-refractivity contribution is -0.147. The third kappa shape index (κ3) is 2.40. The van der Waals surface area contributed by atoms with E-state index in [1.165, 1.54) is 7.05 Å². The highest BCUT2D eigenvalue weighted by molar-refractivity contribution is 4.92. The van der Waals surface area contributed by atoms with Gasteiger partial charge in [-0.15, -0.1) is 5.10 Å². The lowest BCUT2D eigenvalue weighted by atomic mass is 10.3. The Morgan fingerprint density at radius 3 is 2.47 bits per heavy atom. The molecule has 0 aromatic carbocycles. The van der Waals surface area contributed by atoms with Gasteiger partial charge < -0.3 is 0 Å². The molecular formula is C8H12F3N3O. The maximum atomic E-state index is 12.4. The van der Waals surface area contributed by atoms with E-state index < -0.39 is 17.7 Å². The van der Waals surface area contributed by atoms with Gasteiger partial charge in [-0.1, -0.05) is 13.3 Å². The van der Waals surface area contributed by atoms with Crippen molar-refractivity contribution < 1.29 is 13.2 Å². The molecule has 0 aliphatic carbocycles. The third-order valence-electron chi connectivity index (χ3n) is 2.00. The molecule has 0 N–H and O–H groups in total. The average molecular weight is 223 g/mol. The van der Waals surface area contributed by atoms with Crippen LogP contribution in [0.3, 0.4) is 0 Å². The molecule has 15 heavy (non-hydrogen) atoms. The molecule has 0 atom stereocenters. The first-order valence-corrected chi connectivity index (χ1v) is 4.59. The molecule has 0 saturated heterocycles. The van der Waals surface area contributed by atoms with Crippen LogP contribution in [0.2, 0.25) is 0 Å². The van der Waals surface area contributed by atoms with Crippen molar-refractivity contribution in [3.8, 4) is 0 Å². The minimum absolute atomic E-state index is 0.0536. The summed E-state index contributed by atoms with van der Waals surface area (Å²) in [5, 5.41) is 3.18. The molecule has 86 valence electrons. The Labute approximate surface area is 84.3 Å². The van der Waals surface area contributed by atoms with Gasteiger partial charge in [0.15, 0.2) is 0 Å². The summed E-state index contributed by atoms with van der Waals surface area (Å²) in [7, 11) is 1.21. The second-order valence-electron chi connectivity index (χ2n) is 3.23. The zero-order valence-electron chi connectivity index (χ0n) is 8.51. The van der Waals surface area contributed by atoms with E-state index in [0.29, 0.717) is 15.7 Å². The standard InChI is InChI=1S/C8H12F3N3O/c1-3-4-5-14-6(8(9,10)11)12-13(2)7(14)15/h3-5H2,1-2H3. The second kappa shape index (κ2) is 4.08. The summed E-state index contributed by atoms with van der Waals surface area (Å²) in [5.74, 6) is -1.12. The molecule has 0 unspecified atom stereocenters. The van der Waals surface area contributed by atoms with Gasteiger partial charge in [0.1, 0.15) is 0 Å². The number of nitrogens with zero attached hydrogens (tertiary/aromatic N) is 3. The van der Waals surface area contributed by atoms with E-state index in [0.717, 1.165) is 6.42 Å². The SMILES string of the molecule is CCCCn1c(C(F)(F)F)nn(C)c1=O. The molecule has 7 heteroatoms. The van der Waals surface area contributed by atoms with E-state index in [-0.39, 0.29) is 6.54 Å². The molecule has 0 spiro atoms. The zero-order valence-corrected chi connectivity index (χ0v) is 8.51. The van der Waals surface area contributed by atoms with E-state index in [1.54, 1.807) is 0 Å². The van der Waals surface area contributed by atoms with Crippen LogP contribution in [0.25, 0.3) is 0 Å². The summed E-state index contributed by atoms with van der Waals surface area (Å²) in [6.07, 6.45) is -3.33. The van der Waals surface area contributed by atoms with Gasteiger partial charge in [0.25, 0.3) is 0 Å². The molecule has 0 aliphatic heterocycles. The molecule has 4 nitrogen and oxygen atoms in total. The maximum absolute atomic E-state index is 12.4. The third-order valence-corrected chi connectivity index (χ3v) is 2.00. The van der Waals surface area contributed by atoms with Gasteiger partial charge in [0.2, 0.25) is 5.82 Å². The minimum atomic E-state index is -4.58. The normalized spacial score (nSPS) is 12.1. The van der Waals surface area contributed by atoms with Crippen LogP contribution in [-0.2, 0) is 19.8 Å². The number of rotatable bonds is 3. The van der Waals surface area contributed by atoms with Crippen molar-refractivity contribution in [2.45, 2.75) is 32.5 Å². The number of hydrogen-bond acceptors (Lipinski definition) is 2. The van der Waals surface area contributed by atoms with E-state index in [4.69, 9.17) is 0 Å². The molecule has 1 aromatic heterocycles. The number of hydrogen-bond donors (Lipinski definition) is 0. The van der Waals surface area contributed by atoms with Crippen molar-refractivity contribution in [1.82, 2.24) is 14.3 Å². The van der Waals surface area contributed by atoms with Crippen LogP contribution in [0, 0.1) is 0 Å². The first-order chi connectivity index (χ1) is 6.88. The number of aromatic nitrogens is 3. The Morgan fingerprint density at radius 2 is 2.00 bits per heavy atom. The summed E-state index contributed by atoms with van der Waals surface area (Å²) >= 11 is 0. The van der Waals surface area contributed by atoms with Crippen LogP contribution >= 0.6 is 0 Å². The summed E-state index contributed by atoms with van der Waals surface area (Å²) < 4.78 is 38.7. The Hall–Kier alpha value is -1.27. The fourth-order valence-electron chi connectivity index (χ4n) is 1.23. The quantitative estimate of drug-likeness (QED) is 0.777. The first-order valence-electron chi connectivity index (χ1n) is 4.59. The van der Waals surface area contributed by atoms with Gasteiger partial charge in [-0.3, -0.25) is 4.57 Å². The summed E-state index contributed by atoms with van der Waals surface area (Å²) in [6.45, 7) is 1.90. The Balaban J connectivity index is 3.16. The highest BCUT2D eigenvalue weighted by Gasteiger charge is 2.38. The predicted octanol–water partition coefficient (Wildman–Crippen LogP) is 1.40. The fraction of sp³-hybridized carbons (Fsp3) is 0.750. The zero-order chi connectivity index (χ0) is 11.6. The number of aryl methyl sites for hydroxylation is 1. The van der Waals surface area contributed by atoms with Gasteiger partial charge in [-0.25, -0.2) is 9.48 Å². The van der Waals surface area contributed by atoms with Crippen LogP contribution in [0.5, 0.6) is 0 Å². The number of alkyl halides is 3. The maximum Gasteiger partial charge on any atom is 0.451 e. The highest BCUT2D eigenvalue weighted by atomic mass is 19.4. The van der Waals surface area contributed by atoms with Crippen LogP contribution in [0.1, 0.15) is 25.6 Å². The average Bonchev–Trinajstić information content (AvgIpc) is 2.40. The molecule has 1 heterocycles. The van der Waals surface area contributed by atoms with Gasteiger partial charge in [0, 0.05) is 13.6 Å². The van der Waals surface area contributed by atoms with Crippen molar-refractivity contribution in [2.75, 3.05) is 0 Å². The fourth-order valence-corrected chi connectivity index (χ4v) is 1.23. The minimum Gasteiger partial charge on any atom is -0.271 e. The summed E-state index contributed by atoms with van der Waals surface area (Å²) in [5.41, 5.74) is -0.726. The molecule has 0 aliphatic rings. The van der Waals surface area contributed by atoms with E-state index in [1.807, 2.05) is 6.92 Å². The topological polar surface area (TPSA) is 39.8 Å². The molecule has 1 rings (SSSR count). The number of halogens is 3. The van der Waals surface area contributed by atoms with Crippen molar-refractivity contribution in [3.05, 3.63) is 16.3 Å². The van der Waals surface area contributed by atoms with Crippen molar-refractivity contribution in [2.24, 2.45) is 7.05 Å². The Bertz CT molecular complexity index is 391. The lowest BCUT2D eigenvalue weighted by Gasteiger charge is -2.06. The molecule has 0 amide bonds. The van der Waals surface area contributed by atoms with E-state index in [9.17, 15) is 18.0 Å². The lowest BCUT2D eigenvalue weighted by Crippen LogP contribution is -2.25. The smallest absolute Gasteiger partial charge is 0.271 e. The second-order valence-corrected chi connectivity index (χ2v) is 3.23. The number of unbranched alkanes of at least 4 members (excludes halogenated alkanes) is 1. The van der Waals surface area contributed by atoms with Gasteiger partial charge >= 0.3 is 11.9 Å². The molecule has 0 bridgehead atoms. The Morgan fingerprint density at radius 1 is 1.40 bits per heavy atom. The van der Waals surface area contributed by atoms with E-state index in [2.05, 4.69) is 5.10 Å². The summed E-state index contributed by atoms with van der Waals surface area (Å²) in [4.78, 5) is 11.3.